The molecule has 0 spiro atoms. The zero-order valence-corrected chi connectivity index (χ0v) is 11.7. The van der Waals surface area contributed by atoms with E-state index in [0.29, 0.717) is 11.5 Å². The third-order valence-electron chi connectivity index (χ3n) is 3.11. The zero-order chi connectivity index (χ0) is 11.9. The van der Waals surface area contributed by atoms with Gasteiger partial charge in [0, 0.05) is 6.04 Å². The second-order valence-electron chi connectivity index (χ2n) is 6.00. The summed E-state index contributed by atoms with van der Waals surface area (Å²) >= 11 is 0. The third kappa shape index (κ3) is 6.94. The van der Waals surface area contributed by atoms with Crippen molar-refractivity contribution in [1.29, 1.82) is 0 Å². The quantitative estimate of drug-likeness (QED) is 0.667. The smallest absolute Gasteiger partial charge is 0.0118 e. The summed E-state index contributed by atoms with van der Waals surface area (Å²) < 4.78 is 0. The molecule has 0 bridgehead atoms. The monoisotopic (exact) mass is 213 g/mol. The molecule has 0 aromatic heterocycles. The fourth-order valence-corrected chi connectivity index (χ4v) is 2.07. The van der Waals surface area contributed by atoms with Crippen molar-refractivity contribution in [3.63, 3.8) is 0 Å². The Bertz CT molecular complexity index is 146. The molecule has 0 aliphatic heterocycles. The van der Waals surface area contributed by atoms with Crippen molar-refractivity contribution in [1.82, 2.24) is 5.32 Å². The van der Waals surface area contributed by atoms with Crippen LogP contribution in [-0.4, -0.2) is 12.6 Å². The maximum Gasteiger partial charge on any atom is 0.0118 e. The summed E-state index contributed by atoms with van der Waals surface area (Å²) in [5.41, 5.74) is 0.386. The SMILES string of the molecule is CCCNC(CC(C)CCC)C(C)(C)C. The van der Waals surface area contributed by atoms with Gasteiger partial charge in [0.2, 0.25) is 0 Å². The van der Waals surface area contributed by atoms with E-state index in [4.69, 9.17) is 0 Å². The van der Waals surface area contributed by atoms with E-state index >= 15 is 0 Å². The molecule has 0 heterocycles. The van der Waals surface area contributed by atoms with E-state index in [1.54, 1.807) is 0 Å². The minimum absolute atomic E-state index is 0.386. The van der Waals surface area contributed by atoms with Gasteiger partial charge in [0.25, 0.3) is 0 Å². The van der Waals surface area contributed by atoms with Crippen molar-refractivity contribution >= 4 is 0 Å². The largest absolute Gasteiger partial charge is 0.313 e. The topological polar surface area (TPSA) is 12.0 Å². The maximum atomic E-state index is 3.70. The molecule has 0 aromatic rings. The van der Waals surface area contributed by atoms with Crippen molar-refractivity contribution in [2.45, 2.75) is 73.3 Å². The average Bonchev–Trinajstić information content (AvgIpc) is 2.10. The van der Waals surface area contributed by atoms with Crippen LogP contribution in [-0.2, 0) is 0 Å². The van der Waals surface area contributed by atoms with E-state index in [-0.39, 0.29) is 0 Å². The predicted octanol–water partition coefficient (Wildman–Crippen LogP) is 4.23. The van der Waals surface area contributed by atoms with Crippen molar-refractivity contribution < 1.29 is 0 Å². The Hall–Kier alpha value is -0.0400. The van der Waals surface area contributed by atoms with E-state index in [0.717, 1.165) is 12.5 Å². The van der Waals surface area contributed by atoms with Gasteiger partial charge >= 0.3 is 0 Å². The van der Waals surface area contributed by atoms with Gasteiger partial charge in [-0.3, -0.25) is 0 Å². The standard InChI is InChI=1S/C14H31N/c1-7-9-12(3)11-13(14(4,5)6)15-10-8-2/h12-13,15H,7-11H2,1-6H3. The van der Waals surface area contributed by atoms with E-state index in [1.807, 2.05) is 0 Å². The Morgan fingerprint density at radius 3 is 2.07 bits per heavy atom. The van der Waals surface area contributed by atoms with Crippen LogP contribution in [0.4, 0.5) is 0 Å². The highest BCUT2D eigenvalue weighted by Crippen LogP contribution is 2.26. The number of hydrogen-bond donors (Lipinski definition) is 1. The summed E-state index contributed by atoms with van der Waals surface area (Å²) in [6.07, 6.45) is 5.22. The molecule has 0 aliphatic rings. The van der Waals surface area contributed by atoms with Crippen LogP contribution in [0.25, 0.3) is 0 Å². The molecule has 0 aliphatic carbocycles. The predicted molar refractivity (Wildman–Crippen MR) is 70.2 cm³/mol. The van der Waals surface area contributed by atoms with Gasteiger partial charge in [-0.2, -0.15) is 0 Å². The van der Waals surface area contributed by atoms with Gasteiger partial charge in [-0.15, -0.1) is 0 Å². The first-order valence-corrected chi connectivity index (χ1v) is 6.65. The van der Waals surface area contributed by atoms with Crippen molar-refractivity contribution in [2.24, 2.45) is 11.3 Å². The highest BCUT2D eigenvalue weighted by atomic mass is 14.9. The molecule has 1 heteroatoms. The van der Waals surface area contributed by atoms with Crippen molar-refractivity contribution in [2.75, 3.05) is 6.54 Å². The molecule has 0 fully saturated rings. The van der Waals surface area contributed by atoms with Crippen molar-refractivity contribution in [3.05, 3.63) is 0 Å². The van der Waals surface area contributed by atoms with Crippen LogP contribution in [0.2, 0.25) is 0 Å². The van der Waals surface area contributed by atoms with Crippen LogP contribution in [0.1, 0.15) is 67.2 Å². The van der Waals surface area contributed by atoms with Gasteiger partial charge in [-0.05, 0) is 30.7 Å². The molecule has 2 atom stereocenters. The van der Waals surface area contributed by atoms with Crippen LogP contribution in [0, 0.1) is 11.3 Å². The van der Waals surface area contributed by atoms with E-state index < -0.39 is 0 Å². The van der Waals surface area contributed by atoms with E-state index in [2.05, 4.69) is 46.9 Å². The van der Waals surface area contributed by atoms with Gasteiger partial charge in [-0.25, -0.2) is 0 Å². The fraction of sp³-hybridized carbons (Fsp3) is 1.00. The van der Waals surface area contributed by atoms with Crippen LogP contribution in [0.15, 0.2) is 0 Å². The first-order valence-electron chi connectivity index (χ1n) is 6.65. The number of nitrogens with one attached hydrogen (secondary N) is 1. The molecule has 0 aromatic carbocycles. The van der Waals surface area contributed by atoms with Gasteiger partial charge < -0.3 is 5.32 Å². The third-order valence-corrected chi connectivity index (χ3v) is 3.11. The lowest BCUT2D eigenvalue weighted by Gasteiger charge is -2.33. The minimum atomic E-state index is 0.386. The van der Waals surface area contributed by atoms with Crippen LogP contribution < -0.4 is 5.32 Å². The fourth-order valence-electron chi connectivity index (χ4n) is 2.07. The van der Waals surface area contributed by atoms with Crippen LogP contribution >= 0.6 is 0 Å². The Labute approximate surface area is 97.0 Å². The summed E-state index contributed by atoms with van der Waals surface area (Å²) in [7, 11) is 0. The molecule has 0 saturated carbocycles. The molecule has 0 radical (unpaired) electrons. The van der Waals surface area contributed by atoms with E-state index in [9.17, 15) is 0 Å². The highest BCUT2D eigenvalue weighted by molar-refractivity contribution is 4.81. The Morgan fingerprint density at radius 2 is 1.67 bits per heavy atom. The van der Waals surface area contributed by atoms with Crippen LogP contribution in [0.3, 0.4) is 0 Å². The normalized spacial score (nSPS) is 16.4. The zero-order valence-electron chi connectivity index (χ0n) is 11.7. The average molecular weight is 213 g/mol. The van der Waals surface area contributed by atoms with Gasteiger partial charge in [0.05, 0.1) is 0 Å². The molecular weight excluding hydrogens is 182 g/mol. The van der Waals surface area contributed by atoms with Crippen molar-refractivity contribution in [3.8, 4) is 0 Å². The highest BCUT2D eigenvalue weighted by Gasteiger charge is 2.25. The van der Waals surface area contributed by atoms with Gasteiger partial charge in [0.1, 0.15) is 0 Å². The maximum absolute atomic E-state index is 3.70. The Kier molecular flexibility index (Phi) is 7.25. The summed E-state index contributed by atoms with van der Waals surface area (Å²) in [6.45, 7) is 15.1. The second-order valence-corrected chi connectivity index (χ2v) is 6.00. The number of hydrogen-bond acceptors (Lipinski definition) is 1. The van der Waals surface area contributed by atoms with Gasteiger partial charge in [-0.1, -0.05) is 54.4 Å². The molecule has 2 unspecified atom stereocenters. The molecular formula is C14H31N. The first-order chi connectivity index (χ1) is 6.91. The Morgan fingerprint density at radius 1 is 1.07 bits per heavy atom. The van der Waals surface area contributed by atoms with Crippen LogP contribution in [0.5, 0.6) is 0 Å². The molecule has 92 valence electrons. The molecule has 15 heavy (non-hydrogen) atoms. The van der Waals surface area contributed by atoms with E-state index in [1.165, 1.54) is 25.7 Å². The Balaban J connectivity index is 4.12. The lowest BCUT2D eigenvalue weighted by atomic mass is 9.80. The summed E-state index contributed by atoms with van der Waals surface area (Å²) in [5, 5.41) is 3.70. The molecule has 1 nitrogen and oxygen atoms in total. The molecule has 1 N–H and O–H groups in total. The molecule has 0 saturated heterocycles. The molecule has 0 amide bonds. The second kappa shape index (κ2) is 7.27. The van der Waals surface area contributed by atoms with Gasteiger partial charge in [0.15, 0.2) is 0 Å². The first kappa shape index (κ1) is 15.0. The molecule has 0 rings (SSSR count). The summed E-state index contributed by atoms with van der Waals surface area (Å²) in [6, 6.07) is 0.666. The lowest BCUT2D eigenvalue weighted by Crippen LogP contribution is -2.41. The summed E-state index contributed by atoms with van der Waals surface area (Å²) in [4.78, 5) is 0. The summed E-state index contributed by atoms with van der Waals surface area (Å²) in [5.74, 6) is 0.851. The minimum Gasteiger partial charge on any atom is -0.313 e. The lowest BCUT2D eigenvalue weighted by molar-refractivity contribution is 0.226. The number of rotatable bonds is 7.